The Kier molecular flexibility index (Phi) is 4.86. The minimum absolute atomic E-state index is 0.0114. The lowest BCUT2D eigenvalue weighted by molar-refractivity contribution is 0.575. The van der Waals surface area contributed by atoms with Gasteiger partial charge in [-0.15, -0.1) is 0 Å². The molecule has 0 saturated carbocycles. The van der Waals surface area contributed by atoms with Crippen LogP contribution in [0.1, 0.15) is 30.6 Å². The molecule has 0 aliphatic heterocycles. The number of halogens is 2. The van der Waals surface area contributed by atoms with Gasteiger partial charge in [0.25, 0.3) is 0 Å². The summed E-state index contributed by atoms with van der Waals surface area (Å²) in [5.41, 5.74) is 2.00. The van der Waals surface area contributed by atoms with E-state index >= 15 is 0 Å². The molecular weight excluding hydrogens is 281 g/mol. The predicted octanol–water partition coefficient (Wildman–Crippen LogP) is 3.82. The maximum atomic E-state index is 6.08. The third kappa shape index (κ3) is 3.72. The van der Waals surface area contributed by atoms with Gasteiger partial charge in [0.1, 0.15) is 0 Å². The van der Waals surface area contributed by atoms with E-state index in [0.717, 1.165) is 24.2 Å². The lowest BCUT2D eigenvalue weighted by Crippen LogP contribution is -2.23. The molecule has 19 heavy (non-hydrogen) atoms. The van der Waals surface area contributed by atoms with Crippen LogP contribution in [0.3, 0.4) is 0 Å². The maximum absolute atomic E-state index is 6.08. The van der Waals surface area contributed by atoms with Crippen LogP contribution < -0.4 is 5.32 Å². The van der Waals surface area contributed by atoms with E-state index < -0.39 is 0 Å². The number of benzene rings is 1. The Morgan fingerprint density at radius 2 is 1.95 bits per heavy atom. The summed E-state index contributed by atoms with van der Waals surface area (Å²) < 4.78 is 1.79. The van der Waals surface area contributed by atoms with Gasteiger partial charge in [-0.3, -0.25) is 4.68 Å². The van der Waals surface area contributed by atoms with Crippen molar-refractivity contribution in [1.82, 2.24) is 15.1 Å². The van der Waals surface area contributed by atoms with Crippen LogP contribution >= 0.6 is 23.2 Å². The van der Waals surface area contributed by atoms with Gasteiger partial charge in [-0.1, -0.05) is 30.1 Å². The van der Waals surface area contributed by atoms with Gasteiger partial charge in [0.15, 0.2) is 0 Å². The zero-order valence-corrected chi connectivity index (χ0v) is 12.5. The van der Waals surface area contributed by atoms with E-state index in [-0.39, 0.29) is 6.04 Å². The average molecular weight is 298 g/mol. The molecule has 2 aromatic rings. The molecule has 0 saturated heterocycles. The first-order chi connectivity index (χ1) is 9.10. The fourth-order valence-corrected chi connectivity index (χ4v) is 2.55. The summed E-state index contributed by atoms with van der Waals surface area (Å²) in [4.78, 5) is 0. The molecule has 0 amide bonds. The summed E-state index contributed by atoms with van der Waals surface area (Å²) in [5, 5.41) is 9.23. The van der Waals surface area contributed by atoms with Crippen LogP contribution in [-0.2, 0) is 7.05 Å². The molecule has 0 radical (unpaired) electrons. The van der Waals surface area contributed by atoms with Crippen molar-refractivity contribution in [2.75, 3.05) is 6.54 Å². The Balaban J connectivity index is 2.36. The van der Waals surface area contributed by atoms with Gasteiger partial charge in [0.05, 0.1) is 11.7 Å². The molecule has 102 valence electrons. The summed E-state index contributed by atoms with van der Waals surface area (Å²) in [7, 11) is 1.91. The topological polar surface area (TPSA) is 29.9 Å². The van der Waals surface area contributed by atoms with Crippen LogP contribution in [0.2, 0.25) is 10.0 Å². The summed E-state index contributed by atoms with van der Waals surface area (Å²) in [6.07, 6.45) is 2.99. The second-order valence-corrected chi connectivity index (χ2v) is 5.38. The van der Waals surface area contributed by atoms with Crippen LogP contribution in [0.4, 0.5) is 0 Å². The van der Waals surface area contributed by atoms with Crippen LogP contribution in [0.25, 0.3) is 0 Å². The molecule has 1 unspecified atom stereocenters. The monoisotopic (exact) mass is 297 g/mol. The van der Waals surface area contributed by atoms with Crippen molar-refractivity contribution >= 4 is 23.2 Å². The van der Waals surface area contributed by atoms with Crippen molar-refractivity contribution in [3.63, 3.8) is 0 Å². The Morgan fingerprint density at radius 3 is 2.47 bits per heavy atom. The minimum atomic E-state index is 0.0114. The third-order valence-electron chi connectivity index (χ3n) is 2.85. The zero-order valence-electron chi connectivity index (χ0n) is 11.0. The number of hydrogen-bond donors (Lipinski definition) is 1. The smallest absolute Gasteiger partial charge is 0.0839 e. The Labute approximate surface area is 123 Å². The van der Waals surface area contributed by atoms with E-state index in [1.54, 1.807) is 10.7 Å². The molecule has 1 N–H and O–H groups in total. The van der Waals surface area contributed by atoms with E-state index in [9.17, 15) is 0 Å². The molecule has 0 fully saturated rings. The maximum Gasteiger partial charge on any atom is 0.0839 e. The van der Waals surface area contributed by atoms with Gasteiger partial charge in [-0.05, 0) is 42.8 Å². The van der Waals surface area contributed by atoms with Gasteiger partial charge in [0.2, 0.25) is 0 Å². The fourth-order valence-electron chi connectivity index (χ4n) is 2.01. The molecule has 1 heterocycles. The molecule has 0 spiro atoms. The summed E-state index contributed by atoms with van der Waals surface area (Å²) in [5.74, 6) is 0. The number of aryl methyl sites for hydroxylation is 1. The Hall–Kier alpha value is -1.03. The number of hydrogen-bond acceptors (Lipinski definition) is 2. The average Bonchev–Trinajstić information content (AvgIpc) is 2.75. The second kappa shape index (κ2) is 6.42. The van der Waals surface area contributed by atoms with E-state index in [1.807, 2.05) is 31.4 Å². The van der Waals surface area contributed by atoms with Crippen molar-refractivity contribution in [1.29, 1.82) is 0 Å². The van der Waals surface area contributed by atoms with Gasteiger partial charge in [-0.2, -0.15) is 5.10 Å². The first-order valence-electron chi connectivity index (χ1n) is 6.29. The van der Waals surface area contributed by atoms with Crippen molar-refractivity contribution in [3.8, 4) is 0 Å². The third-order valence-corrected chi connectivity index (χ3v) is 3.28. The summed E-state index contributed by atoms with van der Waals surface area (Å²) >= 11 is 12.2. The molecule has 5 heteroatoms. The van der Waals surface area contributed by atoms with Gasteiger partial charge in [-0.25, -0.2) is 0 Å². The number of aromatic nitrogens is 2. The van der Waals surface area contributed by atoms with Crippen molar-refractivity contribution in [2.24, 2.45) is 7.05 Å². The van der Waals surface area contributed by atoms with Gasteiger partial charge >= 0.3 is 0 Å². The second-order valence-electron chi connectivity index (χ2n) is 4.50. The molecule has 0 bridgehead atoms. The molecule has 3 nitrogen and oxygen atoms in total. The highest BCUT2D eigenvalue weighted by Crippen LogP contribution is 2.27. The molecule has 0 aliphatic carbocycles. The molecule has 0 aliphatic rings. The molecule has 2 rings (SSSR count). The molecular formula is C14H17Cl2N3. The molecule has 1 atom stereocenters. The lowest BCUT2D eigenvalue weighted by atomic mass is 10.0. The highest BCUT2D eigenvalue weighted by Gasteiger charge is 2.17. The number of rotatable bonds is 5. The number of nitrogens with one attached hydrogen (secondary N) is 1. The van der Waals surface area contributed by atoms with Crippen LogP contribution in [0, 0.1) is 0 Å². The number of nitrogens with zero attached hydrogens (tertiary/aromatic N) is 2. The van der Waals surface area contributed by atoms with Crippen molar-refractivity contribution < 1.29 is 0 Å². The quantitative estimate of drug-likeness (QED) is 0.909. The highest BCUT2D eigenvalue weighted by molar-refractivity contribution is 6.34. The lowest BCUT2D eigenvalue weighted by Gasteiger charge is -2.17. The van der Waals surface area contributed by atoms with E-state index in [4.69, 9.17) is 23.2 Å². The zero-order chi connectivity index (χ0) is 13.8. The Bertz CT molecular complexity index is 531. The first kappa shape index (κ1) is 14.4. The fraction of sp³-hybridized carbons (Fsp3) is 0.357. The minimum Gasteiger partial charge on any atom is -0.305 e. The highest BCUT2D eigenvalue weighted by atomic mass is 35.5. The van der Waals surface area contributed by atoms with Crippen LogP contribution in [-0.4, -0.2) is 16.3 Å². The van der Waals surface area contributed by atoms with Crippen LogP contribution in [0.15, 0.2) is 30.5 Å². The van der Waals surface area contributed by atoms with Crippen molar-refractivity contribution in [2.45, 2.75) is 19.4 Å². The van der Waals surface area contributed by atoms with Gasteiger partial charge in [0, 0.05) is 23.3 Å². The molecule has 1 aromatic carbocycles. The standard InChI is InChI=1S/C14H17Cl2N3/c1-3-5-17-14(13-4-6-19(2)18-13)10-7-11(15)9-12(16)8-10/h4,6-9,14,17H,3,5H2,1-2H3. The van der Waals surface area contributed by atoms with E-state index in [0.29, 0.717) is 10.0 Å². The van der Waals surface area contributed by atoms with Crippen LogP contribution in [0.5, 0.6) is 0 Å². The largest absolute Gasteiger partial charge is 0.305 e. The summed E-state index contributed by atoms with van der Waals surface area (Å²) in [6.45, 7) is 3.04. The van der Waals surface area contributed by atoms with Crippen molar-refractivity contribution in [3.05, 3.63) is 51.8 Å². The van der Waals surface area contributed by atoms with E-state index in [2.05, 4.69) is 17.3 Å². The van der Waals surface area contributed by atoms with Gasteiger partial charge < -0.3 is 5.32 Å². The molecule has 1 aromatic heterocycles. The predicted molar refractivity (Wildman–Crippen MR) is 79.8 cm³/mol. The summed E-state index contributed by atoms with van der Waals surface area (Å²) in [6, 6.07) is 7.60. The Morgan fingerprint density at radius 1 is 1.26 bits per heavy atom. The first-order valence-corrected chi connectivity index (χ1v) is 7.04. The van der Waals surface area contributed by atoms with E-state index in [1.165, 1.54) is 0 Å². The normalized spacial score (nSPS) is 12.6. The SMILES string of the molecule is CCCNC(c1cc(Cl)cc(Cl)c1)c1ccn(C)n1.